The lowest BCUT2D eigenvalue weighted by atomic mass is 9.87. The monoisotopic (exact) mass is 212 g/mol. The van der Waals surface area contributed by atoms with Crippen molar-refractivity contribution >= 4 is 5.91 Å². The maximum atomic E-state index is 10.7. The van der Waals surface area contributed by atoms with Gasteiger partial charge in [0.15, 0.2) is 0 Å². The molecule has 15 heavy (non-hydrogen) atoms. The summed E-state index contributed by atoms with van der Waals surface area (Å²) in [6.07, 6.45) is 8.72. The summed E-state index contributed by atoms with van der Waals surface area (Å²) in [6, 6.07) is 0.228. The Bertz CT molecular complexity index is 188. The normalized spacial score (nSPS) is 20.1. The maximum absolute atomic E-state index is 10.7. The molecule has 0 aromatic rings. The number of hydrogen-bond acceptors (Lipinski definition) is 2. The number of carbonyl (C=O) groups excluding carboxylic acids is 1. The Morgan fingerprint density at radius 2 is 2.07 bits per heavy atom. The fraction of sp³-hybridized carbons (Fsp3) is 0.917. The summed E-state index contributed by atoms with van der Waals surface area (Å²) in [5.74, 6) is 0.694. The highest BCUT2D eigenvalue weighted by Gasteiger charge is 2.13. The first-order valence-electron chi connectivity index (χ1n) is 6.20. The topological polar surface area (TPSA) is 55.1 Å². The minimum atomic E-state index is -0.215. The number of nitrogens with two attached hydrogens (primary N) is 1. The van der Waals surface area contributed by atoms with Crippen molar-refractivity contribution in [2.45, 2.75) is 57.9 Å². The largest absolute Gasteiger partial charge is 0.370 e. The summed E-state index contributed by atoms with van der Waals surface area (Å²) in [6.45, 7) is 3.05. The molecule has 0 spiro atoms. The van der Waals surface area contributed by atoms with Crippen LogP contribution in [0.4, 0.5) is 0 Å². The molecule has 88 valence electrons. The van der Waals surface area contributed by atoms with E-state index in [-0.39, 0.29) is 11.9 Å². The number of amides is 1. The lowest BCUT2D eigenvalue weighted by Gasteiger charge is -2.22. The van der Waals surface area contributed by atoms with E-state index in [0.29, 0.717) is 6.42 Å². The van der Waals surface area contributed by atoms with Crippen LogP contribution in [0.1, 0.15) is 51.9 Å². The van der Waals surface area contributed by atoms with Crippen molar-refractivity contribution in [1.29, 1.82) is 0 Å². The minimum absolute atomic E-state index is 0.215. The van der Waals surface area contributed by atoms with E-state index in [2.05, 4.69) is 5.32 Å². The van der Waals surface area contributed by atoms with Gasteiger partial charge in [0.2, 0.25) is 5.91 Å². The van der Waals surface area contributed by atoms with Crippen LogP contribution < -0.4 is 11.1 Å². The molecule has 1 atom stereocenters. The SMILES string of the molecule is CC(CC(N)=O)NCCC1CCCCC1. The summed E-state index contributed by atoms with van der Waals surface area (Å²) >= 11 is 0. The van der Waals surface area contributed by atoms with Gasteiger partial charge in [-0.1, -0.05) is 32.1 Å². The zero-order chi connectivity index (χ0) is 11.1. The number of primary amides is 1. The van der Waals surface area contributed by atoms with Gasteiger partial charge in [-0.2, -0.15) is 0 Å². The second-order valence-electron chi connectivity index (χ2n) is 4.82. The van der Waals surface area contributed by atoms with Gasteiger partial charge in [0, 0.05) is 12.5 Å². The van der Waals surface area contributed by atoms with E-state index in [4.69, 9.17) is 5.73 Å². The summed E-state index contributed by atoms with van der Waals surface area (Å²) in [5.41, 5.74) is 5.13. The van der Waals surface area contributed by atoms with E-state index in [1.165, 1.54) is 38.5 Å². The fourth-order valence-corrected chi connectivity index (χ4v) is 2.38. The second-order valence-corrected chi connectivity index (χ2v) is 4.82. The third-order valence-corrected chi connectivity index (χ3v) is 3.28. The van der Waals surface area contributed by atoms with Crippen LogP contribution in [0.15, 0.2) is 0 Å². The molecule has 0 saturated heterocycles. The first-order valence-corrected chi connectivity index (χ1v) is 6.20. The van der Waals surface area contributed by atoms with Crippen LogP contribution in [-0.2, 0) is 4.79 Å². The molecular formula is C12H24N2O. The van der Waals surface area contributed by atoms with Crippen LogP contribution in [0.5, 0.6) is 0 Å². The van der Waals surface area contributed by atoms with Crippen LogP contribution in [0.2, 0.25) is 0 Å². The number of rotatable bonds is 6. The third kappa shape index (κ3) is 5.78. The van der Waals surface area contributed by atoms with Gasteiger partial charge in [-0.15, -0.1) is 0 Å². The molecule has 0 aromatic heterocycles. The van der Waals surface area contributed by atoms with Gasteiger partial charge in [-0.3, -0.25) is 4.79 Å². The first kappa shape index (κ1) is 12.5. The van der Waals surface area contributed by atoms with Crippen molar-refractivity contribution in [3.8, 4) is 0 Å². The highest BCUT2D eigenvalue weighted by Crippen LogP contribution is 2.25. The molecule has 3 nitrogen and oxygen atoms in total. The average molecular weight is 212 g/mol. The molecule has 0 aliphatic heterocycles. The number of hydrogen-bond donors (Lipinski definition) is 2. The molecule has 0 heterocycles. The number of carbonyl (C=O) groups is 1. The Labute approximate surface area is 92.8 Å². The predicted octanol–water partition coefficient (Wildman–Crippen LogP) is 1.81. The molecule has 3 N–H and O–H groups in total. The Morgan fingerprint density at radius 1 is 1.40 bits per heavy atom. The molecule has 1 fully saturated rings. The quantitative estimate of drug-likeness (QED) is 0.705. The Hall–Kier alpha value is -0.570. The van der Waals surface area contributed by atoms with Gasteiger partial charge >= 0.3 is 0 Å². The minimum Gasteiger partial charge on any atom is -0.370 e. The van der Waals surface area contributed by atoms with Crippen molar-refractivity contribution < 1.29 is 4.79 Å². The third-order valence-electron chi connectivity index (χ3n) is 3.28. The van der Waals surface area contributed by atoms with Crippen molar-refractivity contribution in [2.24, 2.45) is 11.7 Å². The van der Waals surface area contributed by atoms with E-state index >= 15 is 0 Å². The van der Waals surface area contributed by atoms with Gasteiger partial charge in [0.25, 0.3) is 0 Å². The van der Waals surface area contributed by atoms with E-state index in [1.807, 2.05) is 6.92 Å². The first-order chi connectivity index (χ1) is 7.18. The number of nitrogens with one attached hydrogen (secondary N) is 1. The van der Waals surface area contributed by atoms with Crippen molar-refractivity contribution in [3.05, 3.63) is 0 Å². The van der Waals surface area contributed by atoms with Gasteiger partial charge in [0.05, 0.1) is 0 Å². The zero-order valence-corrected chi connectivity index (χ0v) is 9.80. The molecule has 1 amide bonds. The van der Waals surface area contributed by atoms with Gasteiger partial charge in [-0.25, -0.2) is 0 Å². The molecule has 3 heteroatoms. The Kier molecular flexibility index (Phi) is 5.69. The molecule has 1 rings (SSSR count). The molecule has 1 unspecified atom stereocenters. The van der Waals surface area contributed by atoms with E-state index in [1.54, 1.807) is 0 Å². The summed E-state index contributed by atoms with van der Waals surface area (Å²) in [7, 11) is 0. The molecule has 0 aromatic carbocycles. The van der Waals surface area contributed by atoms with E-state index in [9.17, 15) is 4.79 Å². The summed E-state index contributed by atoms with van der Waals surface area (Å²) < 4.78 is 0. The van der Waals surface area contributed by atoms with Crippen molar-refractivity contribution in [3.63, 3.8) is 0 Å². The molecule has 1 saturated carbocycles. The van der Waals surface area contributed by atoms with Crippen LogP contribution in [0.25, 0.3) is 0 Å². The van der Waals surface area contributed by atoms with Gasteiger partial charge < -0.3 is 11.1 Å². The van der Waals surface area contributed by atoms with Crippen molar-refractivity contribution in [2.75, 3.05) is 6.54 Å². The molecule has 0 radical (unpaired) electrons. The smallest absolute Gasteiger partial charge is 0.218 e. The van der Waals surface area contributed by atoms with E-state index < -0.39 is 0 Å². The van der Waals surface area contributed by atoms with Crippen LogP contribution >= 0.6 is 0 Å². The lowest BCUT2D eigenvalue weighted by molar-refractivity contribution is -0.118. The highest BCUT2D eigenvalue weighted by molar-refractivity contribution is 5.74. The van der Waals surface area contributed by atoms with Crippen LogP contribution in [0.3, 0.4) is 0 Å². The average Bonchev–Trinajstić information content (AvgIpc) is 2.18. The van der Waals surface area contributed by atoms with E-state index in [0.717, 1.165) is 12.5 Å². The standard InChI is InChI=1S/C12H24N2O/c1-10(9-12(13)15)14-8-7-11-5-3-2-4-6-11/h10-11,14H,2-9H2,1H3,(H2,13,15). The van der Waals surface area contributed by atoms with Crippen LogP contribution in [0, 0.1) is 5.92 Å². The predicted molar refractivity (Wildman–Crippen MR) is 62.5 cm³/mol. The second kappa shape index (κ2) is 6.83. The molecular weight excluding hydrogens is 188 g/mol. The van der Waals surface area contributed by atoms with Crippen LogP contribution in [-0.4, -0.2) is 18.5 Å². The fourth-order valence-electron chi connectivity index (χ4n) is 2.38. The summed E-state index contributed by atoms with van der Waals surface area (Å²) in [5, 5.41) is 3.36. The Balaban J connectivity index is 2.02. The lowest BCUT2D eigenvalue weighted by Crippen LogP contribution is -2.32. The molecule has 1 aliphatic carbocycles. The highest BCUT2D eigenvalue weighted by atomic mass is 16.1. The Morgan fingerprint density at radius 3 is 2.67 bits per heavy atom. The maximum Gasteiger partial charge on any atom is 0.218 e. The van der Waals surface area contributed by atoms with Crippen molar-refractivity contribution in [1.82, 2.24) is 5.32 Å². The molecule has 0 bridgehead atoms. The van der Waals surface area contributed by atoms with Gasteiger partial charge in [-0.05, 0) is 25.8 Å². The zero-order valence-electron chi connectivity index (χ0n) is 9.80. The van der Waals surface area contributed by atoms with Gasteiger partial charge in [0.1, 0.15) is 0 Å². The molecule has 1 aliphatic rings. The summed E-state index contributed by atoms with van der Waals surface area (Å²) in [4.78, 5) is 10.7.